The minimum atomic E-state index is -2.14. The number of carbonyl (C=O) groups excluding carboxylic acids is 2. The van der Waals surface area contributed by atoms with Gasteiger partial charge in [-0.05, 0) is 141 Å². The van der Waals surface area contributed by atoms with E-state index < -0.39 is 48.8 Å². The lowest BCUT2D eigenvalue weighted by molar-refractivity contribution is 0.0512. The van der Waals surface area contributed by atoms with E-state index in [9.17, 15) is 24.3 Å². The van der Waals surface area contributed by atoms with Crippen LogP contribution < -0.4 is 20.7 Å². The first kappa shape index (κ1) is 68.7. The van der Waals surface area contributed by atoms with Gasteiger partial charge in [0, 0.05) is 86.8 Å². The molecule has 4 heterocycles. The van der Waals surface area contributed by atoms with Crippen molar-refractivity contribution in [3.8, 4) is 0 Å². The SMILES string of the molecule is CCOC[C@@H](CO)n1cc(C(=O)OCC)c(=O)c2cc(Cc3cc(N4CCOCC4)cc(Cl)c3F)c(CC)cc21.CCOC[C@@H](CO[Si](C)(C)C(C)(C)C)n1cc(C(=O)OCC)c(=O)c2cc(Cc3cc(N4CCOCC4)cc(Cl)c3F)c(CC)cc21. The number of hydrogen-bond donors (Lipinski definition) is 1. The smallest absolute Gasteiger partial charge is 0.343 e. The fourth-order valence-corrected chi connectivity index (χ4v) is 12.2. The Bertz CT molecular complexity index is 3510. The number of halogens is 4. The first-order valence-corrected chi connectivity index (χ1v) is 34.0. The number of esters is 2. The van der Waals surface area contributed by atoms with Crippen LogP contribution in [0.2, 0.25) is 28.2 Å². The van der Waals surface area contributed by atoms with Crippen molar-refractivity contribution in [3.63, 3.8) is 0 Å². The molecule has 0 amide bonds. The van der Waals surface area contributed by atoms with Gasteiger partial charge in [0.15, 0.2) is 8.32 Å². The molecular formula is C66H86Cl2F2N4O12Si. The van der Waals surface area contributed by atoms with E-state index in [1.54, 1.807) is 54.9 Å². The number of aliphatic hydroxyl groups is 1. The Morgan fingerprint density at radius 1 is 0.586 bits per heavy atom. The maximum atomic E-state index is 15.5. The Balaban J connectivity index is 0.000000252. The van der Waals surface area contributed by atoms with Crippen LogP contribution in [0.5, 0.6) is 0 Å². The standard InChI is InChI=1S/C36H50ClFN2O6Si.C30H36ClFN2O6/c1-9-24-19-32-29(18-25(24)16-26-17-27(20-31(37)33(26)38)39-12-14-44-15-13-39)34(41)30(35(42)45-11-3)21-40(32)28(22-43-10-2)23-46-47(7,8)36(4,5)6;1-4-19-14-27-24(29(36)25(30(37)40-6-3)16-34(27)23(17-35)18-38-5-2)13-20(19)11-21-12-22(15-26(31)28(21)32)33-7-9-39-10-8-33/h17-21,28H,9-16,22-23H2,1-8H3;12-16,23,35H,4-11,17-18H2,1-3H3/t28-;23-/m01/s1. The van der Waals surface area contributed by atoms with Crippen LogP contribution in [0.1, 0.15) is 128 Å². The van der Waals surface area contributed by atoms with Crippen LogP contribution in [0.4, 0.5) is 20.2 Å². The molecule has 4 aromatic carbocycles. The van der Waals surface area contributed by atoms with Gasteiger partial charge in [-0.3, -0.25) is 9.59 Å². The second-order valence-corrected chi connectivity index (χ2v) is 28.8. The van der Waals surface area contributed by atoms with Crippen LogP contribution in [0.25, 0.3) is 21.8 Å². The number of ether oxygens (including phenoxy) is 6. The van der Waals surface area contributed by atoms with E-state index in [0.29, 0.717) is 119 Å². The quantitative estimate of drug-likeness (QED) is 0.0449. The van der Waals surface area contributed by atoms with E-state index in [0.717, 1.165) is 33.6 Å². The van der Waals surface area contributed by atoms with Crippen LogP contribution in [0, 0.1) is 11.6 Å². The van der Waals surface area contributed by atoms with E-state index in [-0.39, 0.29) is 76.9 Å². The van der Waals surface area contributed by atoms with Crippen LogP contribution in [0.15, 0.2) is 70.5 Å². The predicted molar refractivity (Wildman–Crippen MR) is 343 cm³/mol. The molecule has 21 heteroatoms. The van der Waals surface area contributed by atoms with Crippen molar-refractivity contribution in [2.75, 3.05) is 115 Å². The number of nitrogens with zero attached hydrogens (tertiary/aromatic N) is 4. The summed E-state index contributed by atoms with van der Waals surface area (Å²) in [7, 11) is -2.14. The third-order valence-electron chi connectivity index (χ3n) is 16.6. The average molecular weight is 1260 g/mol. The zero-order valence-corrected chi connectivity index (χ0v) is 54.8. The van der Waals surface area contributed by atoms with E-state index in [2.05, 4.69) is 43.7 Å². The number of carbonyl (C=O) groups is 2. The fraction of sp³-hybridized carbons (Fsp3) is 0.515. The van der Waals surface area contributed by atoms with Gasteiger partial charge in [-0.15, -0.1) is 0 Å². The number of aromatic nitrogens is 2. The zero-order valence-electron chi connectivity index (χ0n) is 52.3. The Morgan fingerprint density at radius 2 is 0.989 bits per heavy atom. The molecule has 6 aromatic rings. The van der Waals surface area contributed by atoms with Crippen LogP contribution in [-0.4, -0.2) is 140 Å². The summed E-state index contributed by atoms with van der Waals surface area (Å²) in [4.78, 5) is 57.7. The van der Waals surface area contributed by atoms with Crippen molar-refractivity contribution in [3.05, 3.63) is 148 Å². The van der Waals surface area contributed by atoms with Crippen LogP contribution >= 0.6 is 23.2 Å². The summed E-state index contributed by atoms with van der Waals surface area (Å²) >= 11 is 12.7. The van der Waals surface area contributed by atoms with Gasteiger partial charge in [0.2, 0.25) is 10.9 Å². The largest absolute Gasteiger partial charge is 0.462 e. The Kier molecular flexibility index (Phi) is 24.6. The summed E-state index contributed by atoms with van der Waals surface area (Å²) in [6.45, 7) is 29.0. The van der Waals surface area contributed by atoms with E-state index in [1.165, 1.54) is 6.20 Å². The molecule has 2 aromatic heterocycles. The van der Waals surface area contributed by atoms with Gasteiger partial charge in [-0.2, -0.15) is 0 Å². The minimum Gasteiger partial charge on any atom is -0.462 e. The predicted octanol–water partition coefficient (Wildman–Crippen LogP) is 12.1. The molecule has 87 heavy (non-hydrogen) atoms. The van der Waals surface area contributed by atoms with E-state index in [4.69, 9.17) is 56.0 Å². The third kappa shape index (κ3) is 16.4. The molecule has 0 spiro atoms. The molecule has 16 nitrogen and oxygen atoms in total. The van der Waals surface area contributed by atoms with Gasteiger partial charge < -0.3 is 56.9 Å². The first-order valence-electron chi connectivity index (χ1n) is 30.3. The number of anilines is 2. The molecule has 2 saturated heterocycles. The monoisotopic (exact) mass is 1260 g/mol. The van der Waals surface area contributed by atoms with Gasteiger partial charge in [-0.25, -0.2) is 18.4 Å². The van der Waals surface area contributed by atoms with Crippen molar-refractivity contribution < 1.29 is 56.3 Å². The third-order valence-corrected chi connectivity index (χ3v) is 21.7. The molecule has 474 valence electrons. The number of fused-ring (bicyclic) bond motifs is 2. The summed E-state index contributed by atoms with van der Waals surface area (Å²) in [6.07, 6.45) is 4.72. The minimum absolute atomic E-state index is 0.00754. The van der Waals surface area contributed by atoms with Gasteiger partial charge in [0.1, 0.15) is 22.8 Å². The number of morpholine rings is 2. The highest BCUT2D eigenvalue weighted by Crippen LogP contribution is 2.38. The number of benzene rings is 4. The highest BCUT2D eigenvalue weighted by atomic mass is 35.5. The molecule has 0 aliphatic carbocycles. The van der Waals surface area contributed by atoms with Crippen molar-refractivity contribution in [1.82, 2.24) is 9.13 Å². The maximum Gasteiger partial charge on any atom is 0.343 e. The van der Waals surface area contributed by atoms with Crippen LogP contribution in [0.3, 0.4) is 0 Å². The molecule has 2 atom stereocenters. The lowest BCUT2D eigenvalue weighted by Crippen LogP contribution is -2.42. The molecular weight excluding hydrogens is 1180 g/mol. The Morgan fingerprint density at radius 3 is 1.36 bits per heavy atom. The lowest BCUT2D eigenvalue weighted by Gasteiger charge is -2.37. The second-order valence-electron chi connectivity index (χ2n) is 23.2. The topological polar surface area (TPSA) is 169 Å². The van der Waals surface area contributed by atoms with Gasteiger partial charge in [0.05, 0.1) is 99.2 Å². The van der Waals surface area contributed by atoms with Gasteiger partial charge in [0.25, 0.3) is 0 Å². The number of aryl methyl sites for hydroxylation is 2. The molecule has 0 bridgehead atoms. The first-order chi connectivity index (χ1) is 41.5. The maximum absolute atomic E-state index is 15.5. The summed E-state index contributed by atoms with van der Waals surface area (Å²) in [6, 6.07) is 13.4. The summed E-state index contributed by atoms with van der Waals surface area (Å²) in [5.41, 5.74) is 6.01. The number of pyridine rings is 2. The van der Waals surface area contributed by atoms with Crippen LogP contribution in [-0.2, 0) is 58.5 Å². The van der Waals surface area contributed by atoms with Crippen molar-refractivity contribution in [2.24, 2.45) is 0 Å². The molecule has 2 aliphatic rings. The number of aliphatic hydroxyl groups excluding tert-OH is 1. The van der Waals surface area contributed by atoms with E-state index >= 15 is 8.78 Å². The Hall–Kier alpha value is -5.74. The van der Waals surface area contributed by atoms with Gasteiger partial charge >= 0.3 is 11.9 Å². The summed E-state index contributed by atoms with van der Waals surface area (Å²) in [5, 5.41) is 10.9. The molecule has 2 fully saturated rings. The molecule has 2 aliphatic heterocycles. The molecule has 1 N–H and O–H groups in total. The molecule has 0 radical (unpaired) electrons. The molecule has 8 rings (SSSR count). The normalized spacial score (nSPS) is 14.7. The van der Waals surface area contributed by atoms with Crippen molar-refractivity contribution in [1.29, 1.82) is 0 Å². The fourth-order valence-electron chi connectivity index (χ4n) is 10.7. The Labute approximate surface area is 520 Å². The van der Waals surface area contributed by atoms with E-state index in [1.807, 2.05) is 50.5 Å². The number of rotatable bonds is 24. The zero-order chi connectivity index (χ0) is 63.3. The lowest BCUT2D eigenvalue weighted by atomic mass is 9.94. The average Bonchev–Trinajstić information content (AvgIpc) is 1.05. The summed E-state index contributed by atoms with van der Waals surface area (Å²) < 4.78 is 74.1. The van der Waals surface area contributed by atoms with Gasteiger partial charge in [-0.1, -0.05) is 57.8 Å². The highest BCUT2D eigenvalue weighted by molar-refractivity contribution is 6.74. The summed E-state index contributed by atoms with van der Waals surface area (Å²) in [5.74, 6) is -2.42. The number of hydrogen-bond acceptors (Lipinski definition) is 14. The van der Waals surface area contributed by atoms with Crippen molar-refractivity contribution >= 4 is 76.6 Å². The van der Waals surface area contributed by atoms with Crippen molar-refractivity contribution in [2.45, 2.75) is 118 Å². The molecule has 0 unspecified atom stereocenters. The second kappa shape index (κ2) is 31.1. The molecule has 0 saturated carbocycles. The highest BCUT2D eigenvalue weighted by Gasteiger charge is 2.38.